The molecule has 0 spiro atoms. The highest BCUT2D eigenvalue weighted by molar-refractivity contribution is 5.91. The minimum atomic E-state index is -0.379. The van der Waals surface area contributed by atoms with Crippen molar-refractivity contribution in [2.24, 2.45) is 0 Å². The molecule has 0 bridgehead atoms. The first-order chi connectivity index (χ1) is 14.1. The maximum Gasteiger partial charge on any atom is 0.343 e. The predicted octanol–water partition coefficient (Wildman–Crippen LogP) is 5.23. The van der Waals surface area contributed by atoms with Crippen LogP contribution in [-0.4, -0.2) is 18.5 Å². The van der Waals surface area contributed by atoms with Gasteiger partial charge in [-0.25, -0.2) is 4.79 Å². The summed E-state index contributed by atoms with van der Waals surface area (Å²) in [5.74, 6) is -0.132. The first-order valence-corrected chi connectivity index (χ1v) is 10.7. The second-order valence-corrected chi connectivity index (χ2v) is 7.57. The summed E-state index contributed by atoms with van der Waals surface area (Å²) in [6.45, 7) is 4.29. The molecule has 0 amide bonds. The molecule has 0 N–H and O–H groups in total. The van der Waals surface area contributed by atoms with Crippen molar-refractivity contribution in [1.29, 1.82) is 0 Å². The summed E-state index contributed by atoms with van der Waals surface area (Å²) in [5, 5.41) is 0. The summed E-state index contributed by atoms with van der Waals surface area (Å²) < 4.78 is 11.0. The van der Waals surface area contributed by atoms with Crippen LogP contribution in [-0.2, 0) is 35.2 Å². The number of hydrogen-bond acceptors (Lipinski definition) is 4. The van der Waals surface area contributed by atoms with Gasteiger partial charge in [-0.3, -0.25) is 4.79 Å². The van der Waals surface area contributed by atoms with E-state index in [1.807, 2.05) is 30.3 Å². The van der Waals surface area contributed by atoms with Crippen LogP contribution in [0, 0.1) is 0 Å². The second-order valence-electron chi connectivity index (χ2n) is 7.57. The highest BCUT2D eigenvalue weighted by Crippen LogP contribution is 2.34. The second kappa shape index (κ2) is 10.2. The highest BCUT2D eigenvalue weighted by atomic mass is 16.5. The van der Waals surface area contributed by atoms with Crippen LogP contribution < -0.4 is 4.74 Å². The molecule has 0 atom stereocenters. The molecule has 0 unspecified atom stereocenters. The summed E-state index contributed by atoms with van der Waals surface area (Å²) in [6, 6.07) is 11.6. The molecule has 154 valence electrons. The summed E-state index contributed by atoms with van der Waals surface area (Å²) in [6.07, 6.45) is 7.45. The molecule has 0 heterocycles. The van der Waals surface area contributed by atoms with Gasteiger partial charge in [-0.2, -0.15) is 0 Å². The van der Waals surface area contributed by atoms with Crippen molar-refractivity contribution in [3.63, 3.8) is 0 Å². The lowest BCUT2D eigenvalue weighted by molar-refractivity contribution is -0.142. The molecule has 3 rings (SSSR count). The third-order valence-corrected chi connectivity index (χ3v) is 5.41. The summed E-state index contributed by atoms with van der Waals surface area (Å²) in [5.41, 5.74) is 4.74. The number of carbonyl (C=O) groups is 2. The lowest BCUT2D eigenvalue weighted by Gasteiger charge is -2.21. The van der Waals surface area contributed by atoms with Crippen LogP contribution in [0.1, 0.15) is 72.1 Å². The average Bonchev–Trinajstić information content (AvgIpc) is 2.74. The Morgan fingerprint density at radius 3 is 2.45 bits per heavy atom. The quantitative estimate of drug-likeness (QED) is 0.454. The van der Waals surface area contributed by atoms with E-state index in [-0.39, 0.29) is 18.4 Å². The molecule has 4 heteroatoms. The SMILES string of the molecule is CCCCc1ccc(C(=O)Oc2c(CC(=O)OCC)ccc3c2CCCC3)cc1. The molecule has 1 aliphatic rings. The van der Waals surface area contributed by atoms with E-state index in [0.717, 1.165) is 56.1 Å². The van der Waals surface area contributed by atoms with Crippen molar-refractivity contribution in [1.82, 2.24) is 0 Å². The van der Waals surface area contributed by atoms with Crippen molar-refractivity contribution in [2.75, 3.05) is 6.61 Å². The highest BCUT2D eigenvalue weighted by Gasteiger charge is 2.22. The Bertz CT molecular complexity index is 852. The van der Waals surface area contributed by atoms with E-state index in [1.165, 1.54) is 11.1 Å². The van der Waals surface area contributed by atoms with Gasteiger partial charge in [0.1, 0.15) is 5.75 Å². The maximum absolute atomic E-state index is 12.9. The van der Waals surface area contributed by atoms with Crippen molar-refractivity contribution in [3.05, 3.63) is 64.2 Å². The van der Waals surface area contributed by atoms with Crippen LogP contribution in [0.4, 0.5) is 0 Å². The van der Waals surface area contributed by atoms with Gasteiger partial charge in [-0.05, 0) is 74.3 Å². The monoisotopic (exact) mass is 394 g/mol. The lowest BCUT2D eigenvalue weighted by Crippen LogP contribution is -2.16. The topological polar surface area (TPSA) is 52.6 Å². The number of aryl methyl sites for hydroxylation is 2. The van der Waals surface area contributed by atoms with Gasteiger partial charge >= 0.3 is 11.9 Å². The Hall–Kier alpha value is -2.62. The Kier molecular flexibility index (Phi) is 7.45. The summed E-state index contributed by atoms with van der Waals surface area (Å²) in [7, 11) is 0. The fourth-order valence-electron chi connectivity index (χ4n) is 3.82. The molecule has 2 aromatic carbocycles. The molecule has 29 heavy (non-hydrogen) atoms. The minimum absolute atomic E-state index is 0.111. The molecule has 0 radical (unpaired) electrons. The van der Waals surface area contributed by atoms with Gasteiger partial charge in [0, 0.05) is 5.56 Å². The zero-order valence-corrected chi connectivity index (χ0v) is 17.5. The Morgan fingerprint density at radius 2 is 1.72 bits per heavy atom. The zero-order valence-electron chi connectivity index (χ0n) is 17.5. The number of unbranched alkanes of at least 4 members (excludes halogenated alkanes) is 1. The summed E-state index contributed by atoms with van der Waals surface area (Å²) in [4.78, 5) is 24.9. The largest absolute Gasteiger partial charge is 0.466 e. The summed E-state index contributed by atoms with van der Waals surface area (Å²) >= 11 is 0. The normalized spacial score (nSPS) is 12.9. The fourth-order valence-corrected chi connectivity index (χ4v) is 3.82. The van der Waals surface area contributed by atoms with Gasteiger partial charge in [-0.1, -0.05) is 37.6 Å². The minimum Gasteiger partial charge on any atom is -0.466 e. The number of ether oxygens (including phenoxy) is 2. The molecule has 4 nitrogen and oxygen atoms in total. The number of carbonyl (C=O) groups excluding carboxylic acids is 2. The van der Waals surface area contributed by atoms with Crippen LogP contribution in [0.15, 0.2) is 36.4 Å². The van der Waals surface area contributed by atoms with E-state index in [9.17, 15) is 9.59 Å². The van der Waals surface area contributed by atoms with Crippen LogP contribution in [0.3, 0.4) is 0 Å². The lowest BCUT2D eigenvalue weighted by atomic mass is 9.88. The molecule has 0 aromatic heterocycles. The zero-order chi connectivity index (χ0) is 20.6. The van der Waals surface area contributed by atoms with Crippen molar-refractivity contribution in [2.45, 2.75) is 65.2 Å². The smallest absolute Gasteiger partial charge is 0.343 e. The Balaban J connectivity index is 1.84. The van der Waals surface area contributed by atoms with Crippen molar-refractivity contribution in [3.8, 4) is 5.75 Å². The molecule has 0 saturated heterocycles. The van der Waals surface area contributed by atoms with Gasteiger partial charge in [0.25, 0.3) is 0 Å². The van der Waals surface area contributed by atoms with Crippen LogP contribution in [0.5, 0.6) is 5.75 Å². The first kappa shape index (κ1) is 21.1. The Morgan fingerprint density at radius 1 is 0.966 bits per heavy atom. The van der Waals surface area contributed by atoms with Crippen LogP contribution in [0.2, 0.25) is 0 Å². The number of esters is 2. The fraction of sp³-hybridized carbons (Fsp3) is 0.440. The van der Waals surface area contributed by atoms with Gasteiger partial charge in [0.05, 0.1) is 18.6 Å². The van der Waals surface area contributed by atoms with Crippen LogP contribution in [0.25, 0.3) is 0 Å². The first-order valence-electron chi connectivity index (χ1n) is 10.7. The van der Waals surface area contributed by atoms with Gasteiger partial charge in [-0.15, -0.1) is 0 Å². The number of hydrogen-bond donors (Lipinski definition) is 0. The molecular weight excluding hydrogens is 364 g/mol. The average molecular weight is 395 g/mol. The molecule has 0 aliphatic heterocycles. The van der Waals surface area contributed by atoms with E-state index >= 15 is 0 Å². The van der Waals surface area contributed by atoms with Gasteiger partial charge in [0.15, 0.2) is 0 Å². The number of benzene rings is 2. The van der Waals surface area contributed by atoms with E-state index < -0.39 is 0 Å². The third-order valence-electron chi connectivity index (χ3n) is 5.41. The van der Waals surface area contributed by atoms with Crippen LogP contribution >= 0.6 is 0 Å². The number of rotatable bonds is 8. The van der Waals surface area contributed by atoms with E-state index in [0.29, 0.717) is 17.9 Å². The third kappa shape index (κ3) is 5.47. The molecule has 2 aromatic rings. The van der Waals surface area contributed by atoms with Crippen molar-refractivity contribution < 1.29 is 19.1 Å². The predicted molar refractivity (Wildman–Crippen MR) is 113 cm³/mol. The molecule has 1 aliphatic carbocycles. The molecular formula is C25H30O4. The maximum atomic E-state index is 12.9. The molecule has 0 saturated carbocycles. The standard InChI is InChI=1S/C25H30O4/c1-3-5-8-18-11-13-20(14-12-18)25(27)29-24-21(17-23(26)28-4-2)16-15-19-9-6-7-10-22(19)24/h11-16H,3-10,17H2,1-2H3. The Labute approximate surface area is 173 Å². The van der Waals surface area contributed by atoms with E-state index in [1.54, 1.807) is 6.92 Å². The van der Waals surface area contributed by atoms with Gasteiger partial charge < -0.3 is 9.47 Å². The number of fused-ring (bicyclic) bond motifs is 1. The van der Waals surface area contributed by atoms with E-state index in [4.69, 9.17) is 9.47 Å². The van der Waals surface area contributed by atoms with Gasteiger partial charge in [0.2, 0.25) is 0 Å². The van der Waals surface area contributed by atoms with Crippen molar-refractivity contribution >= 4 is 11.9 Å². The van der Waals surface area contributed by atoms with E-state index in [2.05, 4.69) is 13.0 Å². The molecule has 0 fully saturated rings.